The van der Waals surface area contributed by atoms with Crippen LogP contribution >= 0.6 is 0 Å². The fourth-order valence-electron chi connectivity index (χ4n) is 1.30. The molecule has 0 aromatic carbocycles. The number of aliphatic hydroxyl groups is 3. The van der Waals surface area contributed by atoms with Gasteiger partial charge < -0.3 is 15.3 Å². The molecule has 0 saturated heterocycles. The number of rotatable bonds is 4. The van der Waals surface area contributed by atoms with Crippen LogP contribution in [0.5, 0.6) is 0 Å². The summed E-state index contributed by atoms with van der Waals surface area (Å²) in [5, 5.41) is 29.2. The molecular weight excluding hydrogens is 186 g/mol. The summed E-state index contributed by atoms with van der Waals surface area (Å²) in [4.78, 5) is 5.17. The highest BCUT2D eigenvalue weighted by molar-refractivity contribution is 5.11. The van der Waals surface area contributed by atoms with Gasteiger partial charge in [0.2, 0.25) is 0 Å². The Balaban J connectivity index is 2.67. The first-order valence-electron chi connectivity index (χ1n) is 4.82. The summed E-state index contributed by atoms with van der Waals surface area (Å²) in [5.41, 5.74) is 0.261. The molecule has 3 N–H and O–H groups in total. The lowest BCUT2D eigenvalue weighted by Crippen LogP contribution is -2.38. The molecule has 14 heavy (non-hydrogen) atoms. The maximum atomic E-state index is 9.46. The van der Waals surface area contributed by atoms with Crippen molar-refractivity contribution in [2.75, 3.05) is 19.8 Å². The van der Waals surface area contributed by atoms with Crippen molar-refractivity contribution in [3.05, 3.63) is 11.5 Å². The molecule has 0 spiro atoms. The summed E-state index contributed by atoms with van der Waals surface area (Å²) in [7, 11) is 0. The minimum Gasteiger partial charge on any atom is -0.507 e. The van der Waals surface area contributed by atoms with Crippen molar-refractivity contribution in [3.63, 3.8) is 0 Å². The second-order valence-electron chi connectivity index (χ2n) is 3.26. The molecule has 0 bridgehead atoms. The van der Waals surface area contributed by atoms with E-state index in [9.17, 15) is 10.2 Å². The second kappa shape index (κ2) is 5.19. The number of unbranched alkanes of at least 4 members (excludes halogenated alkanes) is 1. The van der Waals surface area contributed by atoms with Crippen molar-refractivity contribution in [2.24, 2.45) is 0 Å². The van der Waals surface area contributed by atoms with Gasteiger partial charge >= 0.3 is 0 Å². The van der Waals surface area contributed by atoms with E-state index in [-0.39, 0.29) is 24.7 Å². The highest BCUT2D eigenvalue weighted by Crippen LogP contribution is 2.18. The molecule has 0 saturated carbocycles. The molecular formula is C9H17NO4. The molecule has 0 fully saturated rings. The van der Waals surface area contributed by atoms with Gasteiger partial charge in [-0.15, -0.1) is 0 Å². The Morgan fingerprint density at radius 2 is 2.29 bits per heavy atom. The third-order valence-electron chi connectivity index (χ3n) is 2.17. The maximum Gasteiger partial charge on any atom is 0.147 e. The predicted octanol–water partition coefficient (Wildman–Crippen LogP) is 0.156. The van der Waals surface area contributed by atoms with Crippen molar-refractivity contribution in [1.29, 1.82) is 0 Å². The molecule has 1 rings (SSSR count). The Morgan fingerprint density at radius 3 is 2.86 bits per heavy atom. The van der Waals surface area contributed by atoms with Crippen LogP contribution in [0.25, 0.3) is 0 Å². The van der Waals surface area contributed by atoms with Crippen LogP contribution in [0.1, 0.15) is 19.8 Å². The zero-order valence-electron chi connectivity index (χ0n) is 8.31. The number of nitrogens with zero attached hydrogens (tertiary/aromatic N) is 1. The normalized spacial score (nSPS) is 23.1. The predicted molar refractivity (Wildman–Crippen MR) is 50.3 cm³/mol. The summed E-state index contributed by atoms with van der Waals surface area (Å²) in [6.07, 6.45) is 0.893. The van der Waals surface area contributed by atoms with E-state index in [2.05, 4.69) is 0 Å². The van der Waals surface area contributed by atoms with Crippen molar-refractivity contribution < 1.29 is 20.2 Å². The first-order valence-corrected chi connectivity index (χ1v) is 4.82. The van der Waals surface area contributed by atoms with Crippen molar-refractivity contribution in [2.45, 2.75) is 25.9 Å². The molecule has 5 nitrogen and oxygen atoms in total. The van der Waals surface area contributed by atoms with E-state index >= 15 is 0 Å². The lowest BCUT2D eigenvalue weighted by Gasteiger charge is -2.32. The van der Waals surface area contributed by atoms with E-state index in [0.717, 1.165) is 12.8 Å². The molecule has 0 aromatic rings. The molecule has 0 aliphatic carbocycles. The quantitative estimate of drug-likeness (QED) is 0.607. The van der Waals surface area contributed by atoms with Gasteiger partial charge in [0.15, 0.2) is 0 Å². The van der Waals surface area contributed by atoms with Crippen LogP contribution in [0.2, 0.25) is 0 Å². The molecule has 1 atom stereocenters. The number of hydrogen-bond acceptors (Lipinski definition) is 5. The highest BCUT2D eigenvalue weighted by atomic mass is 16.7. The Morgan fingerprint density at radius 1 is 1.57 bits per heavy atom. The second-order valence-corrected chi connectivity index (χ2v) is 3.26. The molecule has 1 unspecified atom stereocenters. The lowest BCUT2D eigenvalue weighted by molar-refractivity contribution is -0.178. The molecule has 1 aliphatic rings. The van der Waals surface area contributed by atoms with Gasteiger partial charge in [0.25, 0.3) is 0 Å². The van der Waals surface area contributed by atoms with Crippen LogP contribution in [-0.2, 0) is 4.84 Å². The summed E-state index contributed by atoms with van der Waals surface area (Å²) in [5.74, 6) is -0.185. The van der Waals surface area contributed by atoms with E-state index in [1.54, 1.807) is 0 Å². The fraction of sp³-hybridized carbons (Fsp3) is 0.778. The number of hydroxylamine groups is 2. The standard InChI is InChI=1S/C9H17NO4/c1-2-3-4-10-7(5-11)9(13)8(12)6-14-10/h8,11-13H,2-6H2,1H3. The van der Waals surface area contributed by atoms with Crippen LogP contribution in [0.4, 0.5) is 0 Å². The van der Waals surface area contributed by atoms with Gasteiger partial charge in [-0.25, -0.2) is 0 Å². The minimum atomic E-state index is -1.02. The Kier molecular flexibility index (Phi) is 4.19. The van der Waals surface area contributed by atoms with E-state index in [1.807, 2.05) is 6.92 Å². The van der Waals surface area contributed by atoms with E-state index in [1.165, 1.54) is 5.06 Å². The summed E-state index contributed by atoms with van der Waals surface area (Å²) in [6.45, 7) is 2.37. The average molecular weight is 203 g/mol. The van der Waals surface area contributed by atoms with Gasteiger partial charge in [0.1, 0.15) is 24.2 Å². The molecule has 0 radical (unpaired) electrons. The smallest absolute Gasteiger partial charge is 0.147 e. The first-order chi connectivity index (χ1) is 6.70. The van der Waals surface area contributed by atoms with Gasteiger partial charge in [-0.1, -0.05) is 13.3 Å². The SMILES string of the molecule is CCCCN1OCC(O)C(O)=C1CO. The Labute approximate surface area is 83.2 Å². The molecule has 0 amide bonds. The van der Waals surface area contributed by atoms with Crippen molar-refractivity contribution in [3.8, 4) is 0 Å². The third-order valence-corrected chi connectivity index (χ3v) is 2.17. The maximum absolute atomic E-state index is 9.46. The van der Waals surface area contributed by atoms with Gasteiger partial charge in [-0.2, -0.15) is 0 Å². The highest BCUT2D eigenvalue weighted by Gasteiger charge is 2.26. The minimum absolute atomic E-state index is 0.0407. The Hall–Kier alpha value is -0.780. The number of hydrogen-bond donors (Lipinski definition) is 3. The van der Waals surface area contributed by atoms with E-state index < -0.39 is 6.10 Å². The van der Waals surface area contributed by atoms with E-state index in [4.69, 9.17) is 9.94 Å². The van der Waals surface area contributed by atoms with Crippen LogP contribution in [-0.4, -0.2) is 46.2 Å². The monoisotopic (exact) mass is 203 g/mol. The van der Waals surface area contributed by atoms with Gasteiger partial charge in [-0.05, 0) is 6.42 Å². The van der Waals surface area contributed by atoms with E-state index in [0.29, 0.717) is 6.54 Å². The average Bonchev–Trinajstić information content (AvgIpc) is 2.20. The van der Waals surface area contributed by atoms with Crippen LogP contribution in [0.15, 0.2) is 11.5 Å². The molecule has 82 valence electrons. The summed E-state index contributed by atoms with van der Waals surface area (Å²) < 4.78 is 0. The zero-order chi connectivity index (χ0) is 10.6. The molecule has 5 heteroatoms. The van der Waals surface area contributed by atoms with Gasteiger partial charge in [-0.3, -0.25) is 9.90 Å². The van der Waals surface area contributed by atoms with Gasteiger partial charge in [0, 0.05) is 6.54 Å². The van der Waals surface area contributed by atoms with Crippen molar-refractivity contribution in [1.82, 2.24) is 5.06 Å². The van der Waals surface area contributed by atoms with Crippen LogP contribution in [0.3, 0.4) is 0 Å². The zero-order valence-corrected chi connectivity index (χ0v) is 8.31. The topological polar surface area (TPSA) is 73.2 Å². The number of aliphatic hydroxyl groups excluding tert-OH is 3. The largest absolute Gasteiger partial charge is 0.507 e. The van der Waals surface area contributed by atoms with Crippen molar-refractivity contribution >= 4 is 0 Å². The summed E-state index contributed by atoms with van der Waals surface area (Å²) >= 11 is 0. The molecule has 0 aromatic heterocycles. The summed E-state index contributed by atoms with van der Waals surface area (Å²) in [6, 6.07) is 0. The van der Waals surface area contributed by atoms with Crippen LogP contribution in [0, 0.1) is 0 Å². The van der Waals surface area contributed by atoms with Crippen LogP contribution < -0.4 is 0 Å². The third kappa shape index (κ3) is 2.37. The lowest BCUT2D eigenvalue weighted by atomic mass is 10.2. The Bertz CT molecular complexity index is 217. The molecule has 1 heterocycles. The first kappa shape index (κ1) is 11.3. The fourth-order valence-corrected chi connectivity index (χ4v) is 1.30. The van der Waals surface area contributed by atoms with Gasteiger partial charge in [0.05, 0.1) is 6.61 Å². The molecule has 1 aliphatic heterocycles.